The van der Waals surface area contributed by atoms with Crippen molar-refractivity contribution >= 4 is 21.0 Å². The lowest BCUT2D eigenvalue weighted by molar-refractivity contribution is 0.239. The van der Waals surface area contributed by atoms with Crippen molar-refractivity contribution < 1.29 is 17.9 Å². The van der Waals surface area contributed by atoms with Gasteiger partial charge in [-0.1, -0.05) is 32.0 Å². The highest BCUT2D eigenvalue weighted by Gasteiger charge is 2.23. The lowest BCUT2D eigenvalue weighted by Gasteiger charge is -2.17. The molecule has 0 aliphatic rings. The fourth-order valence-electron chi connectivity index (χ4n) is 2.10. The molecule has 2 aromatic rings. The number of benzene rings is 1. The Morgan fingerprint density at radius 1 is 1.30 bits per heavy atom. The molecule has 2 N–H and O–H groups in total. The minimum Gasteiger partial charge on any atom is -0.443 e. The van der Waals surface area contributed by atoms with Crippen LogP contribution in [0.1, 0.15) is 20.3 Å². The summed E-state index contributed by atoms with van der Waals surface area (Å²) in [6.45, 7) is 3.70. The second-order valence-electron chi connectivity index (χ2n) is 5.23. The average molecular weight is 297 g/mol. The zero-order chi connectivity index (χ0) is 14.8. The molecule has 1 atom stereocenters. The van der Waals surface area contributed by atoms with Gasteiger partial charge in [-0.15, -0.1) is 0 Å². The number of furan rings is 1. The van der Waals surface area contributed by atoms with Crippen molar-refractivity contribution in [2.75, 3.05) is 6.61 Å². The van der Waals surface area contributed by atoms with Crippen molar-refractivity contribution in [1.82, 2.24) is 4.72 Å². The van der Waals surface area contributed by atoms with Gasteiger partial charge >= 0.3 is 0 Å². The van der Waals surface area contributed by atoms with E-state index in [-0.39, 0.29) is 17.6 Å². The Kier molecular flexibility index (Phi) is 4.47. The van der Waals surface area contributed by atoms with E-state index in [2.05, 4.69) is 4.72 Å². The van der Waals surface area contributed by atoms with E-state index >= 15 is 0 Å². The van der Waals surface area contributed by atoms with Crippen LogP contribution in [-0.4, -0.2) is 26.2 Å². The van der Waals surface area contributed by atoms with Crippen molar-refractivity contribution in [3.05, 3.63) is 30.3 Å². The SMILES string of the molecule is CC(C)C[C@@H](CO)NS(=O)(=O)c1cc2ccccc2o1. The van der Waals surface area contributed by atoms with E-state index in [4.69, 9.17) is 4.42 Å². The van der Waals surface area contributed by atoms with Crippen LogP contribution in [0.25, 0.3) is 11.0 Å². The van der Waals surface area contributed by atoms with E-state index in [9.17, 15) is 13.5 Å². The molecule has 20 heavy (non-hydrogen) atoms. The minimum absolute atomic E-state index is 0.124. The van der Waals surface area contributed by atoms with Gasteiger partial charge in [0, 0.05) is 17.5 Å². The summed E-state index contributed by atoms with van der Waals surface area (Å²) in [6, 6.07) is 8.08. The molecule has 0 bridgehead atoms. The normalized spacial score (nSPS) is 14.0. The first-order chi connectivity index (χ1) is 9.42. The molecule has 5 nitrogen and oxygen atoms in total. The van der Waals surface area contributed by atoms with Crippen LogP contribution < -0.4 is 4.72 Å². The quantitative estimate of drug-likeness (QED) is 0.856. The van der Waals surface area contributed by atoms with Crippen LogP contribution in [-0.2, 0) is 10.0 Å². The molecular formula is C14H19NO4S. The molecule has 0 radical (unpaired) electrons. The molecule has 1 heterocycles. The summed E-state index contributed by atoms with van der Waals surface area (Å²) in [5, 5.41) is 9.88. The predicted molar refractivity (Wildman–Crippen MR) is 76.9 cm³/mol. The first-order valence-corrected chi connectivity index (χ1v) is 8.02. The number of rotatable bonds is 6. The van der Waals surface area contributed by atoms with E-state index in [1.807, 2.05) is 19.9 Å². The Morgan fingerprint density at radius 3 is 2.60 bits per heavy atom. The molecule has 0 unspecified atom stereocenters. The molecule has 110 valence electrons. The number of aliphatic hydroxyl groups is 1. The molecular weight excluding hydrogens is 278 g/mol. The van der Waals surface area contributed by atoms with Crippen LogP contribution >= 0.6 is 0 Å². The Hall–Kier alpha value is -1.37. The fraction of sp³-hybridized carbons (Fsp3) is 0.429. The third-order valence-electron chi connectivity index (χ3n) is 2.97. The summed E-state index contributed by atoms with van der Waals surface area (Å²) < 4.78 is 32.3. The topological polar surface area (TPSA) is 79.5 Å². The third kappa shape index (κ3) is 3.39. The smallest absolute Gasteiger partial charge is 0.274 e. The Bertz CT molecular complexity index is 642. The Balaban J connectivity index is 2.25. The molecule has 2 rings (SSSR count). The Morgan fingerprint density at radius 2 is 2.00 bits per heavy atom. The molecule has 1 aromatic heterocycles. The highest BCUT2D eigenvalue weighted by Crippen LogP contribution is 2.22. The summed E-state index contributed by atoms with van der Waals surface area (Å²) in [7, 11) is -3.76. The number of hydrogen-bond donors (Lipinski definition) is 2. The third-order valence-corrected chi connectivity index (χ3v) is 4.34. The van der Waals surface area contributed by atoms with Crippen LogP contribution in [0.5, 0.6) is 0 Å². The van der Waals surface area contributed by atoms with Gasteiger partial charge in [0.25, 0.3) is 10.0 Å². The first kappa shape index (κ1) is 15.0. The van der Waals surface area contributed by atoms with E-state index in [1.165, 1.54) is 6.07 Å². The van der Waals surface area contributed by atoms with Gasteiger partial charge in [-0.3, -0.25) is 0 Å². The van der Waals surface area contributed by atoms with Gasteiger partial charge in [0.2, 0.25) is 5.09 Å². The van der Waals surface area contributed by atoms with Crippen LogP contribution in [0.4, 0.5) is 0 Å². The van der Waals surface area contributed by atoms with Gasteiger partial charge in [-0.25, -0.2) is 13.1 Å². The second-order valence-corrected chi connectivity index (χ2v) is 6.88. The molecule has 0 aliphatic carbocycles. The van der Waals surface area contributed by atoms with E-state index in [0.29, 0.717) is 12.0 Å². The first-order valence-electron chi connectivity index (χ1n) is 6.54. The second kappa shape index (κ2) is 5.95. The summed E-state index contributed by atoms with van der Waals surface area (Å²) in [5.74, 6) is 0.283. The lowest BCUT2D eigenvalue weighted by atomic mass is 10.1. The average Bonchev–Trinajstić information content (AvgIpc) is 2.81. The summed E-state index contributed by atoms with van der Waals surface area (Å²) >= 11 is 0. The molecule has 0 saturated carbocycles. The van der Waals surface area contributed by atoms with Crippen LogP contribution in [0, 0.1) is 5.92 Å². The van der Waals surface area contributed by atoms with E-state index < -0.39 is 16.1 Å². The highest BCUT2D eigenvalue weighted by molar-refractivity contribution is 7.89. The molecule has 6 heteroatoms. The fourth-order valence-corrected chi connectivity index (χ4v) is 3.30. The number of nitrogens with one attached hydrogen (secondary N) is 1. The number of aliphatic hydroxyl groups excluding tert-OH is 1. The molecule has 1 aromatic carbocycles. The zero-order valence-electron chi connectivity index (χ0n) is 11.5. The summed E-state index contributed by atoms with van der Waals surface area (Å²) in [6.07, 6.45) is 0.565. The maximum atomic E-state index is 12.2. The highest BCUT2D eigenvalue weighted by atomic mass is 32.2. The van der Waals surface area contributed by atoms with Crippen LogP contribution in [0.3, 0.4) is 0 Å². The molecule has 0 amide bonds. The summed E-state index contributed by atoms with van der Waals surface area (Å²) in [5.41, 5.74) is 0.525. The van der Waals surface area contributed by atoms with Gasteiger partial charge in [-0.2, -0.15) is 0 Å². The van der Waals surface area contributed by atoms with Gasteiger partial charge in [-0.05, 0) is 18.4 Å². The van der Waals surface area contributed by atoms with Gasteiger partial charge in [0.15, 0.2) is 0 Å². The van der Waals surface area contributed by atoms with Crippen molar-refractivity contribution in [3.8, 4) is 0 Å². The lowest BCUT2D eigenvalue weighted by Crippen LogP contribution is -2.38. The number of fused-ring (bicyclic) bond motifs is 1. The standard InChI is InChI=1S/C14H19NO4S/c1-10(2)7-12(9-16)15-20(17,18)14-8-11-5-3-4-6-13(11)19-14/h3-6,8,10,12,15-16H,7,9H2,1-2H3/t12-/m0/s1. The van der Waals surface area contributed by atoms with Gasteiger partial charge < -0.3 is 9.52 Å². The molecule has 0 aliphatic heterocycles. The monoisotopic (exact) mass is 297 g/mol. The van der Waals surface area contributed by atoms with Crippen molar-refractivity contribution in [1.29, 1.82) is 0 Å². The van der Waals surface area contributed by atoms with Crippen molar-refractivity contribution in [2.24, 2.45) is 5.92 Å². The number of hydrogen-bond acceptors (Lipinski definition) is 4. The van der Waals surface area contributed by atoms with Crippen LogP contribution in [0.2, 0.25) is 0 Å². The maximum Gasteiger partial charge on any atom is 0.274 e. The van der Waals surface area contributed by atoms with E-state index in [0.717, 1.165) is 5.39 Å². The summed E-state index contributed by atoms with van der Waals surface area (Å²) in [4.78, 5) is 0. The minimum atomic E-state index is -3.76. The van der Waals surface area contributed by atoms with E-state index in [1.54, 1.807) is 18.2 Å². The number of sulfonamides is 1. The predicted octanol–water partition coefficient (Wildman–Crippen LogP) is 2.12. The van der Waals surface area contributed by atoms with Gasteiger partial charge in [0.05, 0.1) is 6.61 Å². The zero-order valence-corrected chi connectivity index (χ0v) is 12.4. The Labute approximate surface area is 118 Å². The van der Waals surface area contributed by atoms with Crippen molar-refractivity contribution in [2.45, 2.75) is 31.4 Å². The maximum absolute atomic E-state index is 12.2. The molecule has 0 spiro atoms. The largest absolute Gasteiger partial charge is 0.443 e. The molecule has 0 saturated heterocycles. The number of para-hydroxylation sites is 1. The van der Waals surface area contributed by atoms with Crippen molar-refractivity contribution in [3.63, 3.8) is 0 Å². The molecule has 0 fully saturated rings. The van der Waals surface area contributed by atoms with Gasteiger partial charge in [0.1, 0.15) is 5.58 Å². The van der Waals surface area contributed by atoms with Crippen LogP contribution in [0.15, 0.2) is 39.8 Å².